The van der Waals surface area contributed by atoms with Gasteiger partial charge in [-0.15, -0.1) is 0 Å². The summed E-state index contributed by atoms with van der Waals surface area (Å²) in [5.41, 5.74) is 4.06. The summed E-state index contributed by atoms with van der Waals surface area (Å²) in [4.78, 5) is 0. The van der Waals surface area contributed by atoms with Crippen LogP contribution in [0.3, 0.4) is 0 Å². The summed E-state index contributed by atoms with van der Waals surface area (Å²) in [5.74, 6) is 1.07. The molecule has 2 aromatic rings. The van der Waals surface area contributed by atoms with E-state index in [1.165, 1.54) is 11.1 Å². The van der Waals surface area contributed by atoms with Crippen molar-refractivity contribution in [2.24, 2.45) is 0 Å². The second kappa shape index (κ2) is 4.53. The molecular weight excluding hydrogens is 250 g/mol. The van der Waals surface area contributed by atoms with E-state index in [2.05, 4.69) is 29.6 Å². The van der Waals surface area contributed by atoms with Crippen LogP contribution in [-0.2, 0) is 12.8 Å². The van der Waals surface area contributed by atoms with Gasteiger partial charge in [-0.05, 0) is 36.1 Å². The minimum absolute atomic E-state index is 0.227. The molecule has 2 N–H and O–H groups in total. The van der Waals surface area contributed by atoms with Gasteiger partial charge in [0.2, 0.25) is 0 Å². The molecule has 0 fully saturated rings. The molecule has 4 rings (SSSR count). The van der Waals surface area contributed by atoms with Crippen molar-refractivity contribution in [3.63, 3.8) is 0 Å². The van der Waals surface area contributed by atoms with E-state index in [4.69, 9.17) is 4.74 Å². The minimum Gasteiger partial charge on any atom is -0.508 e. The number of benzene rings is 2. The molecule has 0 radical (unpaired) electrons. The van der Waals surface area contributed by atoms with Crippen LogP contribution in [-0.4, -0.2) is 17.8 Å². The summed E-state index contributed by atoms with van der Waals surface area (Å²) in [6.45, 7) is 0.644. The number of fused-ring (bicyclic) bond motifs is 2. The van der Waals surface area contributed by atoms with Gasteiger partial charge in [0.05, 0.1) is 6.04 Å². The lowest BCUT2D eigenvalue weighted by Crippen LogP contribution is -2.34. The van der Waals surface area contributed by atoms with Crippen molar-refractivity contribution >= 4 is 0 Å². The second-order valence-corrected chi connectivity index (χ2v) is 5.63. The Morgan fingerprint density at radius 3 is 2.55 bits per heavy atom. The van der Waals surface area contributed by atoms with Crippen molar-refractivity contribution in [1.29, 1.82) is 0 Å². The number of phenolic OH excluding ortho intramolecular Hbond substituents is 1. The van der Waals surface area contributed by atoms with Crippen LogP contribution in [0.5, 0.6) is 11.5 Å². The number of ether oxygens (including phenoxy) is 1. The Hall–Kier alpha value is -2.00. The topological polar surface area (TPSA) is 41.5 Å². The Kier molecular flexibility index (Phi) is 2.67. The summed E-state index contributed by atoms with van der Waals surface area (Å²) in [7, 11) is 0. The van der Waals surface area contributed by atoms with E-state index < -0.39 is 0 Å². The van der Waals surface area contributed by atoms with E-state index in [0.717, 1.165) is 24.2 Å². The normalized spacial score (nSPS) is 20.5. The third kappa shape index (κ3) is 1.95. The molecular formula is C17H17NO2. The monoisotopic (exact) mass is 267 g/mol. The third-order valence-electron chi connectivity index (χ3n) is 4.27. The van der Waals surface area contributed by atoms with Crippen LogP contribution in [0.2, 0.25) is 0 Å². The minimum atomic E-state index is 0.227. The number of hydrogen-bond donors (Lipinski definition) is 2. The van der Waals surface area contributed by atoms with Crippen LogP contribution < -0.4 is 10.1 Å². The molecule has 1 heterocycles. The Balaban J connectivity index is 1.50. The first-order valence-corrected chi connectivity index (χ1v) is 7.08. The van der Waals surface area contributed by atoms with E-state index in [0.29, 0.717) is 12.6 Å². The molecule has 0 spiro atoms. The average Bonchev–Trinajstić information content (AvgIpc) is 3.02. The van der Waals surface area contributed by atoms with Gasteiger partial charge < -0.3 is 15.2 Å². The first-order chi connectivity index (χ1) is 9.79. The zero-order chi connectivity index (χ0) is 13.5. The fourth-order valence-corrected chi connectivity index (χ4v) is 3.30. The highest BCUT2D eigenvalue weighted by Gasteiger charge is 2.29. The van der Waals surface area contributed by atoms with E-state index in [9.17, 15) is 5.11 Å². The summed E-state index contributed by atoms with van der Waals surface area (Å²) < 4.78 is 5.66. The molecule has 20 heavy (non-hydrogen) atoms. The highest BCUT2D eigenvalue weighted by atomic mass is 16.5. The number of phenols is 1. The van der Waals surface area contributed by atoms with E-state index >= 15 is 0 Å². The maximum absolute atomic E-state index is 9.48. The summed E-state index contributed by atoms with van der Waals surface area (Å²) >= 11 is 0. The predicted octanol–water partition coefficient (Wildman–Crippen LogP) is 2.58. The quantitative estimate of drug-likeness (QED) is 0.878. The fraction of sp³-hybridized carbons (Fsp3) is 0.294. The number of aromatic hydroxyl groups is 1. The highest BCUT2D eigenvalue weighted by molar-refractivity contribution is 5.44. The largest absolute Gasteiger partial charge is 0.508 e. The molecule has 0 aromatic heterocycles. The van der Waals surface area contributed by atoms with E-state index in [1.54, 1.807) is 12.1 Å². The summed E-state index contributed by atoms with van der Waals surface area (Å²) in [6, 6.07) is 14.7. The number of hydrogen-bond acceptors (Lipinski definition) is 3. The first-order valence-electron chi connectivity index (χ1n) is 7.08. The van der Waals surface area contributed by atoms with Crippen molar-refractivity contribution in [2.45, 2.75) is 24.9 Å². The van der Waals surface area contributed by atoms with Crippen molar-refractivity contribution in [1.82, 2.24) is 5.32 Å². The van der Waals surface area contributed by atoms with Gasteiger partial charge >= 0.3 is 0 Å². The standard InChI is InChI=1S/C17H17NO2/c19-14-5-6-15-16(10-20-17(15)9-14)18-13-7-11-3-1-2-4-12(11)8-13/h1-6,9,13,16,18-19H,7-8,10H2. The highest BCUT2D eigenvalue weighted by Crippen LogP contribution is 2.36. The van der Waals surface area contributed by atoms with Crippen molar-refractivity contribution < 1.29 is 9.84 Å². The zero-order valence-electron chi connectivity index (χ0n) is 11.2. The molecule has 0 saturated heterocycles. The molecule has 3 nitrogen and oxygen atoms in total. The number of nitrogens with one attached hydrogen (secondary N) is 1. The molecule has 102 valence electrons. The van der Waals surface area contributed by atoms with Crippen LogP contribution in [0.1, 0.15) is 22.7 Å². The predicted molar refractivity (Wildman–Crippen MR) is 77.1 cm³/mol. The van der Waals surface area contributed by atoms with Crippen LogP contribution in [0, 0.1) is 0 Å². The molecule has 2 aromatic carbocycles. The molecule has 2 aliphatic rings. The van der Waals surface area contributed by atoms with E-state index in [1.807, 2.05) is 6.07 Å². The summed E-state index contributed by atoms with van der Waals surface area (Å²) in [5, 5.41) is 13.2. The third-order valence-corrected chi connectivity index (χ3v) is 4.27. The first kappa shape index (κ1) is 11.8. The average molecular weight is 267 g/mol. The molecule has 1 aliphatic carbocycles. The van der Waals surface area contributed by atoms with Gasteiger partial charge in [-0.25, -0.2) is 0 Å². The molecule has 1 atom stereocenters. The van der Waals surface area contributed by atoms with Crippen LogP contribution in [0.4, 0.5) is 0 Å². The van der Waals surface area contributed by atoms with Crippen LogP contribution >= 0.6 is 0 Å². The molecule has 1 aliphatic heterocycles. The lowest BCUT2D eigenvalue weighted by molar-refractivity contribution is 0.297. The molecule has 3 heteroatoms. The van der Waals surface area contributed by atoms with Crippen molar-refractivity contribution in [3.8, 4) is 11.5 Å². The Morgan fingerprint density at radius 1 is 1.05 bits per heavy atom. The SMILES string of the molecule is Oc1ccc2c(c1)OCC2NC1Cc2ccccc2C1. The maximum Gasteiger partial charge on any atom is 0.127 e. The van der Waals surface area contributed by atoms with Gasteiger partial charge in [0.25, 0.3) is 0 Å². The summed E-state index contributed by atoms with van der Waals surface area (Å²) in [6.07, 6.45) is 2.17. The van der Waals surface area contributed by atoms with Crippen LogP contribution in [0.15, 0.2) is 42.5 Å². The molecule has 1 unspecified atom stereocenters. The van der Waals surface area contributed by atoms with Crippen molar-refractivity contribution in [2.75, 3.05) is 6.61 Å². The smallest absolute Gasteiger partial charge is 0.127 e. The fourth-order valence-electron chi connectivity index (χ4n) is 3.30. The lowest BCUT2D eigenvalue weighted by atomic mass is 10.1. The maximum atomic E-state index is 9.48. The molecule has 0 amide bonds. The van der Waals surface area contributed by atoms with Crippen molar-refractivity contribution in [3.05, 3.63) is 59.2 Å². The van der Waals surface area contributed by atoms with Gasteiger partial charge in [0.1, 0.15) is 18.1 Å². The number of rotatable bonds is 2. The lowest BCUT2D eigenvalue weighted by Gasteiger charge is -2.17. The molecule has 0 saturated carbocycles. The van der Waals surface area contributed by atoms with Gasteiger partial charge in [0.15, 0.2) is 0 Å². The van der Waals surface area contributed by atoms with Gasteiger partial charge in [0, 0.05) is 17.7 Å². The van der Waals surface area contributed by atoms with E-state index in [-0.39, 0.29) is 11.8 Å². The Labute approximate surface area is 118 Å². The van der Waals surface area contributed by atoms with Gasteiger partial charge in [-0.3, -0.25) is 0 Å². The van der Waals surface area contributed by atoms with Crippen LogP contribution in [0.25, 0.3) is 0 Å². The second-order valence-electron chi connectivity index (χ2n) is 5.63. The Bertz CT molecular complexity index is 628. The van der Waals surface area contributed by atoms with Gasteiger partial charge in [-0.2, -0.15) is 0 Å². The Morgan fingerprint density at radius 2 is 1.80 bits per heavy atom. The molecule has 0 bridgehead atoms. The zero-order valence-corrected chi connectivity index (χ0v) is 11.2. The van der Waals surface area contributed by atoms with Gasteiger partial charge in [-0.1, -0.05) is 24.3 Å².